The summed E-state index contributed by atoms with van der Waals surface area (Å²) in [5.41, 5.74) is 3.42. The number of para-hydroxylation sites is 1. The zero-order chi connectivity index (χ0) is 14.4. The molecule has 0 saturated heterocycles. The van der Waals surface area contributed by atoms with Crippen LogP contribution in [0, 0.1) is 0 Å². The van der Waals surface area contributed by atoms with Crippen molar-refractivity contribution in [3.63, 3.8) is 0 Å². The second-order valence-electron chi connectivity index (χ2n) is 5.41. The lowest BCUT2D eigenvalue weighted by molar-refractivity contribution is -0.00334. The molecule has 3 nitrogen and oxygen atoms in total. The lowest BCUT2D eigenvalue weighted by Crippen LogP contribution is -2.37. The van der Waals surface area contributed by atoms with Gasteiger partial charge in [-0.15, -0.1) is 0 Å². The summed E-state index contributed by atoms with van der Waals surface area (Å²) < 4.78 is 5.95. The number of rotatable bonds is 1. The van der Waals surface area contributed by atoms with Gasteiger partial charge in [0.2, 0.25) is 0 Å². The largest absolute Gasteiger partial charge is 0.469 e. The molecular formula is C17H15ClN2O. The van der Waals surface area contributed by atoms with Crippen LogP contribution in [-0.4, -0.2) is 16.9 Å². The molecule has 0 amide bonds. The molecule has 4 rings (SSSR count). The third-order valence-electron chi connectivity index (χ3n) is 4.07. The highest BCUT2D eigenvalue weighted by Gasteiger charge is 2.37. The second kappa shape index (κ2) is 4.78. The third-order valence-corrected chi connectivity index (χ3v) is 4.32. The lowest BCUT2D eigenvalue weighted by Gasteiger charge is -2.36. The van der Waals surface area contributed by atoms with E-state index in [-0.39, 0.29) is 12.3 Å². The minimum atomic E-state index is -0.0466. The Morgan fingerprint density at radius 2 is 1.90 bits per heavy atom. The average molecular weight is 299 g/mol. The highest BCUT2D eigenvalue weighted by atomic mass is 35.5. The van der Waals surface area contributed by atoms with Gasteiger partial charge in [0, 0.05) is 17.0 Å². The van der Waals surface area contributed by atoms with E-state index in [2.05, 4.69) is 17.1 Å². The molecule has 0 aromatic heterocycles. The predicted molar refractivity (Wildman–Crippen MR) is 83.7 cm³/mol. The van der Waals surface area contributed by atoms with Crippen molar-refractivity contribution in [1.82, 2.24) is 5.01 Å². The van der Waals surface area contributed by atoms with Crippen LogP contribution >= 0.6 is 11.6 Å². The van der Waals surface area contributed by atoms with E-state index >= 15 is 0 Å². The van der Waals surface area contributed by atoms with Gasteiger partial charge >= 0.3 is 0 Å². The summed E-state index contributed by atoms with van der Waals surface area (Å²) >= 11 is 5.96. The van der Waals surface area contributed by atoms with Crippen LogP contribution in [0.15, 0.2) is 53.6 Å². The Hall–Kier alpha value is -2.00. The van der Waals surface area contributed by atoms with Gasteiger partial charge in [0.05, 0.1) is 11.8 Å². The minimum absolute atomic E-state index is 0.0466. The number of hydrogen-bond donors (Lipinski definition) is 0. The first-order valence-electron chi connectivity index (χ1n) is 7.10. The Balaban J connectivity index is 1.71. The smallest absolute Gasteiger partial charge is 0.185 e. The van der Waals surface area contributed by atoms with Crippen molar-refractivity contribution in [3.05, 3.63) is 64.7 Å². The molecule has 0 radical (unpaired) electrons. The molecule has 2 aliphatic rings. The molecule has 106 valence electrons. The molecule has 21 heavy (non-hydrogen) atoms. The summed E-state index contributed by atoms with van der Waals surface area (Å²) in [4.78, 5) is 0. The number of halogens is 1. The number of hydrogen-bond acceptors (Lipinski definition) is 3. The molecule has 0 spiro atoms. The van der Waals surface area contributed by atoms with Gasteiger partial charge in [-0.05, 0) is 30.7 Å². The van der Waals surface area contributed by atoms with Crippen LogP contribution in [0.4, 0.5) is 0 Å². The first-order valence-corrected chi connectivity index (χ1v) is 7.47. The summed E-state index contributed by atoms with van der Waals surface area (Å²) in [6.07, 6.45) is 0.849. The molecule has 2 aromatic rings. The van der Waals surface area contributed by atoms with Gasteiger partial charge in [-0.3, -0.25) is 5.01 Å². The van der Waals surface area contributed by atoms with Crippen LogP contribution in [0.5, 0.6) is 5.75 Å². The summed E-state index contributed by atoms with van der Waals surface area (Å²) in [6, 6.07) is 16.3. The molecule has 0 bridgehead atoms. The fourth-order valence-electron chi connectivity index (χ4n) is 3.03. The van der Waals surface area contributed by atoms with E-state index in [1.165, 1.54) is 5.56 Å². The van der Waals surface area contributed by atoms with Crippen molar-refractivity contribution in [3.8, 4) is 5.75 Å². The Labute approximate surface area is 128 Å². The highest BCUT2D eigenvalue weighted by Crippen LogP contribution is 2.42. The van der Waals surface area contributed by atoms with E-state index in [1.807, 2.05) is 43.3 Å². The maximum Gasteiger partial charge on any atom is 0.185 e. The number of fused-ring (bicyclic) bond motifs is 3. The molecule has 0 saturated carbocycles. The van der Waals surface area contributed by atoms with Gasteiger partial charge < -0.3 is 4.74 Å². The van der Waals surface area contributed by atoms with Crippen LogP contribution in [0.2, 0.25) is 5.02 Å². The Morgan fingerprint density at radius 3 is 2.71 bits per heavy atom. The van der Waals surface area contributed by atoms with E-state index in [0.717, 1.165) is 28.5 Å². The van der Waals surface area contributed by atoms with Crippen molar-refractivity contribution in [1.29, 1.82) is 0 Å². The first-order chi connectivity index (χ1) is 10.2. The van der Waals surface area contributed by atoms with Crippen LogP contribution in [0.3, 0.4) is 0 Å². The molecule has 2 heterocycles. The van der Waals surface area contributed by atoms with Gasteiger partial charge in [0.1, 0.15) is 5.75 Å². The monoisotopic (exact) mass is 298 g/mol. The molecule has 0 aliphatic carbocycles. The molecular weight excluding hydrogens is 284 g/mol. The van der Waals surface area contributed by atoms with Crippen LogP contribution in [0.1, 0.15) is 30.5 Å². The number of ether oxygens (including phenoxy) is 1. The van der Waals surface area contributed by atoms with Crippen LogP contribution in [-0.2, 0) is 0 Å². The molecule has 0 fully saturated rings. The van der Waals surface area contributed by atoms with Crippen LogP contribution < -0.4 is 4.74 Å². The first kappa shape index (κ1) is 12.7. The zero-order valence-electron chi connectivity index (χ0n) is 11.7. The van der Waals surface area contributed by atoms with Gasteiger partial charge in [-0.1, -0.05) is 41.9 Å². The highest BCUT2D eigenvalue weighted by molar-refractivity contribution is 6.30. The van der Waals surface area contributed by atoms with Crippen molar-refractivity contribution in [2.45, 2.75) is 25.6 Å². The maximum absolute atomic E-state index is 5.96. The quantitative estimate of drug-likeness (QED) is 0.787. The van der Waals surface area contributed by atoms with E-state index < -0.39 is 0 Å². The number of hydrazone groups is 1. The number of benzene rings is 2. The van der Waals surface area contributed by atoms with Gasteiger partial charge in [0.15, 0.2) is 6.23 Å². The minimum Gasteiger partial charge on any atom is -0.469 e. The third kappa shape index (κ3) is 2.09. The lowest BCUT2D eigenvalue weighted by atomic mass is 9.97. The Kier molecular flexibility index (Phi) is 2.89. The average Bonchev–Trinajstić information content (AvgIpc) is 2.94. The number of nitrogens with zero attached hydrogens (tertiary/aromatic N) is 2. The van der Waals surface area contributed by atoms with E-state index in [0.29, 0.717) is 0 Å². The SMILES string of the molecule is C[C@H]1Oc2ccccc2[C@H]2CC(c3ccc(Cl)cc3)=NN21. The predicted octanol–water partition coefficient (Wildman–Crippen LogP) is 4.23. The molecule has 2 aromatic carbocycles. The normalized spacial score (nSPS) is 23.1. The van der Waals surface area contributed by atoms with E-state index in [4.69, 9.17) is 21.4 Å². The Bertz CT molecular complexity index is 711. The van der Waals surface area contributed by atoms with Crippen molar-refractivity contribution >= 4 is 17.3 Å². The van der Waals surface area contributed by atoms with Crippen molar-refractivity contribution in [2.24, 2.45) is 5.10 Å². The van der Waals surface area contributed by atoms with Crippen LogP contribution in [0.25, 0.3) is 0 Å². The summed E-state index contributed by atoms with van der Waals surface area (Å²) in [5, 5.41) is 7.58. The fraction of sp³-hybridized carbons (Fsp3) is 0.235. The van der Waals surface area contributed by atoms with Gasteiger partial charge in [0.25, 0.3) is 0 Å². The van der Waals surface area contributed by atoms with E-state index in [9.17, 15) is 0 Å². The van der Waals surface area contributed by atoms with Gasteiger partial charge in [-0.25, -0.2) is 0 Å². The topological polar surface area (TPSA) is 24.8 Å². The van der Waals surface area contributed by atoms with E-state index in [1.54, 1.807) is 0 Å². The molecule has 0 N–H and O–H groups in total. The standard InChI is InChI=1S/C17H15ClN2O/c1-11-20-16(14-4-2-3-5-17(14)21-11)10-15(19-20)12-6-8-13(18)9-7-12/h2-9,11,16H,10H2,1H3/t11-,16-/m1/s1. The zero-order valence-corrected chi connectivity index (χ0v) is 12.4. The molecule has 0 unspecified atom stereocenters. The van der Waals surface area contributed by atoms with Crippen molar-refractivity contribution in [2.75, 3.05) is 0 Å². The maximum atomic E-state index is 5.96. The summed E-state index contributed by atoms with van der Waals surface area (Å²) in [6.45, 7) is 2.04. The van der Waals surface area contributed by atoms with Gasteiger partial charge in [-0.2, -0.15) is 5.10 Å². The molecule has 2 aliphatic heterocycles. The molecule has 4 heteroatoms. The second-order valence-corrected chi connectivity index (χ2v) is 5.84. The Morgan fingerprint density at radius 1 is 1.14 bits per heavy atom. The van der Waals surface area contributed by atoms with Crippen molar-refractivity contribution < 1.29 is 4.74 Å². The fourth-order valence-corrected chi connectivity index (χ4v) is 3.16. The summed E-state index contributed by atoms with van der Waals surface area (Å²) in [7, 11) is 0. The molecule has 2 atom stereocenters. The summed E-state index contributed by atoms with van der Waals surface area (Å²) in [5.74, 6) is 0.971.